The summed E-state index contributed by atoms with van der Waals surface area (Å²) in [6.07, 6.45) is 3.98. The second kappa shape index (κ2) is 5.78. The molecule has 1 atom stereocenters. The van der Waals surface area contributed by atoms with Crippen LogP contribution in [0.2, 0.25) is 0 Å². The number of aliphatic hydroxyl groups is 1. The molecule has 0 bridgehead atoms. The van der Waals surface area contributed by atoms with Gasteiger partial charge in [0.2, 0.25) is 0 Å². The predicted molar refractivity (Wildman–Crippen MR) is 71.5 cm³/mol. The molecule has 0 aliphatic rings. The van der Waals surface area contributed by atoms with Crippen molar-refractivity contribution >= 4 is 10.8 Å². The number of hydrogen-bond donors (Lipinski definition) is 1. The molecule has 2 rings (SSSR count). The van der Waals surface area contributed by atoms with Crippen molar-refractivity contribution in [3.05, 3.63) is 40.8 Å². The van der Waals surface area contributed by atoms with Crippen molar-refractivity contribution < 1.29 is 5.11 Å². The van der Waals surface area contributed by atoms with Crippen LogP contribution in [0, 0.1) is 0 Å². The van der Waals surface area contributed by atoms with Crippen LogP contribution >= 0.6 is 0 Å². The highest BCUT2D eigenvalue weighted by Gasteiger charge is 2.03. The minimum atomic E-state index is -0.272. The third kappa shape index (κ3) is 2.96. The van der Waals surface area contributed by atoms with Gasteiger partial charge in [0.05, 0.1) is 17.7 Å². The zero-order valence-corrected chi connectivity index (χ0v) is 10.5. The molecule has 0 saturated heterocycles. The summed E-state index contributed by atoms with van der Waals surface area (Å²) < 4.78 is 1.50. The summed E-state index contributed by atoms with van der Waals surface area (Å²) in [4.78, 5) is 12.1. The highest BCUT2D eigenvalue weighted by atomic mass is 16.3. The van der Waals surface area contributed by atoms with Crippen LogP contribution in [0.3, 0.4) is 0 Å². The van der Waals surface area contributed by atoms with Gasteiger partial charge in [-0.15, -0.1) is 0 Å². The van der Waals surface area contributed by atoms with Gasteiger partial charge in [-0.05, 0) is 32.3 Å². The first-order valence-electron chi connectivity index (χ1n) is 6.31. The number of aromatic nitrogens is 2. The number of aryl methyl sites for hydroxylation is 1. The van der Waals surface area contributed by atoms with Crippen molar-refractivity contribution in [3.63, 3.8) is 0 Å². The lowest BCUT2D eigenvalue weighted by Crippen LogP contribution is -2.22. The molecule has 4 heteroatoms. The molecule has 1 aromatic heterocycles. The number of unbranched alkanes of at least 4 members (excludes halogenated alkanes) is 1. The van der Waals surface area contributed by atoms with Crippen molar-refractivity contribution in [3.8, 4) is 0 Å². The van der Waals surface area contributed by atoms with Crippen molar-refractivity contribution in [1.29, 1.82) is 0 Å². The molecule has 0 aliphatic carbocycles. The second-order valence-corrected chi connectivity index (χ2v) is 4.60. The van der Waals surface area contributed by atoms with Crippen LogP contribution in [-0.2, 0) is 6.54 Å². The molecule has 1 unspecified atom stereocenters. The van der Waals surface area contributed by atoms with E-state index in [0.717, 1.165) is 24.6 Å². The van der Waals surface area contributed by atoms with E-state index in [1.165, 1.54) is 4.68 Å². The van der Waals surface area contributed by atoms with Crippen LogP contribution < -0.4 is 5.56 Å². The van der Waals surface area contributed by atoms with Crippen molar-refractivity contribution in [2.75, 3.05) is 0 Å². The summed E-state index contributed by atoms with van der Waals surface area (Å²) in [5.41, 5.74) is -0.0369. The van der Waals surface area contributed by atoms with E-state index in [2.05, 4.69) is 5.10 Å². The maximum Gasteiger partial charge on any atom is 0.274 e. The minimum absolute atomic E-state index is 0.0369. The first kappa shape index (κ1) is 12.8. The topological polar surface area (TPSA) is 55.1 Å². The van der Waals surface area contributed by atoms with E-state index in [4.69, 9.17) is 5.11 Å². The Balaban J connectivity index is 2.10. The molecule has 2 aromatic rings. The lowest BCUT2D eigenvalue weighted by Gasteiger charge is -2.06. The van der Waals surface area contributed by atoms with E-state index in [1.54, 1.807) is 13.1 Å². The molecule has 0 aliphatic heterocycles. The SMILES string of the molecule is CC(O)CCCCn1ncc2ccccc2c1=O. The maximum absolute atomic E-state index is 12.1. The van der Waals surface area contributed by atoms with Gasteiger partial charge >= 0.3 is 0 Å². The van der Waals surface area contributed by atoms with Crippen molar-refractivity contribution in [2.24, 2.45) is 0 Å². The minimum Gasteiger partial charge on any atom is -0.393 e. The molecule has 1 aromatic carbocycles. The summed E-state index contributed by atoms with van der Waals surface area (Å²) in [5.74, 6) is 0. The van der Waals surface area contributed by atoms with E-state index >= 15 is 0 Å². The lowest BCUT2D eigenvalue weighted by atomic mass is 10.2. The van der Waals surface area contributed by atoms with Gasteiger partial charge in [-0.25, -0.2) is 4.68 Å². The van der Waals surface area contributed by atoms with Crippen LogP contribution in [-0.4, -0.2) is 21.0 Å². The zero-order chi connectivity index (χ0) is 13.0. The van der Waals surface area contributed by atoms with E-state index in [1.807, 2.05) is 24.3 Å². The molecule has 96 valence electrons. The normalized spacial score (nSPS) is 12.8. The van der Waals surface area contributed by atoms with E-state index < -0.39 is 0 Å². The monoisotopic (exact) mass is 246 g/mol. The number of aliphatic hydroxyl groups excluding tert-OH is 1. The van der Waals surface area contributed by atoms with Gasteiger partial charge in [0, 0.05) is 11.9 Å². The summed E-state index contributed by atoms with van der Waals surface area (Å²) in [6.45, 7) is 2.39. The molecule has 4 nitrogen and oxygen atoms in total. The fraction of sp³-hybridized carbons (Fsp3) is 0.429. The molecule has 0 spiro atoms. The number of hydrogen-bond acceptors (Lipinski definition) is 3. The number of benzene rings is 1. The third-order valence-electron chi connectivity index (χ3n) is 3.00. The quantitative estimate of drug-likeness (QED) is 0.820. The van der Waals surface area contributed by atoms with Gasteiger partial charge in [-0.3, -0.25) is 4.79 Å². The molecule has 1 N–H and O–H groups in total. The standard InChI is InChI=1S/C14H18N2O2/c1-11(17)6-4-5-9-16-14(18)13-8-3-2-7-12(13)10-15-16/h2-3,7-8,10-11,17H,4-6,9H2,1H3. The highest BCUT2D eigenvalue weighted by molar-refractivity contribution is 5.80. The van der Waals surface area contributed by atoms with Crippen molar-refractivity contribution in [2.45, 2.75) is 38.8 Å². The predicted octanol–water partition coefficient (Wildman–Crippen LogP) is 1.95. The van der Waals surface area contributed by atoms with Crippen LogP contribution in [0.4, 0.5) is 0 Å². The molecular weight excluding hydrogens is 228 g/mol. The largest absolute Gasteiger partial charge is 0.393 e. The fourth-order valence-corrected chi connectivity index (χ4v) is 1.99. The van der Waals surface area contributed by atoms with Crippen LogP contribution in [0.1, 0.15) is 26.2 Å². The van der Waals surface area contributed by atoms with Crippen molar-refractivity contribution in [1.82, 2.24) is 9.78 Å². The molecule has 18 heavy (non-hydrogen) atoms. The van der Waals surface area contributed by atoms with Crippen LogP contribution in [0.25, 0.3) is 10.8 Å². The molecule has 1 heterocycles. The molecule has 0 saturated carbocycles. The van der Waals surface area contributed by atoms with Crippen LogP contribution in [0.5, 0.6) is 0 Å². The van der Waals surface area contributed by atoms with Gasteiger partial charge < -0.3 is 5.11 Å². The zero-order valence-electron chi connectivity index (χ0n) is 10.5. The first-order chi connectivity index (χ1) is 8.68. The molecular formula is C14H18N2O2. The summed E-state index contributed by atoms with van der Waals surface area (Å²) in [7, 11) is 0. The van der Waals surface area contributed by atoms with E-state index in [9.17, 15) is 4.79 Å². The van der Waals surface area contributed by atoms with Gasteiger partial charge in [0.15, 0.2) is 0 Å². The number of rotatable bonds is 5. The summed E-state index contributed by atoms with van der Waals surface area (Å²) >= 11 is 0. The smallest absolute Gasteiger partial charge is 0.274 e. The Hall–Kier alpha value is -1.68. The Morgan fingerprint density at radius 1 is 1.33 bits per heavy atom. The van der Waals surface area contributed by atoms with Crippen LogP contribution in [0.15, 0.2) is 35.3 Å². The van der Waals surface area contributed by atoms with Gasteiger partial charge in [-0.1, -0.05) is 18.2 Å². The van der Waals surface area contributed by atoms with Gasteiger partial charge in [0.25, 0.3) is 5.56 Å². The Labute approximate surface area is 106 Å². The third-order valence-corrected chi connectivity index (χ3v) is 3.00. The average molecular weight is 246 g/mol. The second-order valence-electron chi connectivity index (χ2n) is 4.60. The Morgan fingerprint density at radius 2 is 2.11 bits per heavy atom. The summed E-state index contributed by atoms with van der Waals surface area (Å²) in [5, 5.41) is 14.9. The molecule has 0 amide bonds. The molecule has 0 fully saturated rings. The lowest BCUT2D eigenvalue weighted by molar-refractivity contribution is 0.179. The fourth-order valence-electron chi connectivity index (χ4n) is 1.99. The highest BCUT2D eigenvalue weighted by Crippen LogP contribution is 2.07. The summed E-state index contributed by atoms with van der Waals surface area (Å²) in [6, 6.07) is 7.48. The number of nitrogens with zero attached hydrogens (tertiary/aromatic N) is 2. The van der Waals surface area contributed by atoms with Gasteiger partial charge in [0.1, 0.15) is 0 Å². The molecule has 0 radical (unpaired) electrons. The first-order valence-corrected chi connectivity index (χ1v) is 6.31. The van der Waals surface area contributed by atoms with E-state index in [0.29, 0.717) is 11.9 Å². The Kier molecular flexibility index (Phi) is 4.10. The number of fused-ring (bicyclic) bond motifs is 1. The Bertz CT molecular complexity index is 575. The average Bonchev–Trinajstić information content (AvgIpc) is 2.37. The van der Waals surface area contributed by atoms with E-state index in [-0.39, 0.29) is 11.7 Å². The Morgan fingerprint density at radius 3 is 2.89 bits per heavy atom. The maximum atomic E-state index is 12.1. The van der Waals surface area contributed by atoms with Gasteiger partial charge in [-0.2, -0.15) is 5.10 Å².